The minimum absolute atomic E-state index is 0.00692. The molecule has 2 atom stereocenters. The van der Waals surface area contributed by atoms with Crippen molar-refractivity contribution in [2.45, 2.75) is 63.5 Å². The molecule has 2 saturated heterocycles. The first-order valence-electron chi connectivity index (χ1n) is 11.1. The Labute approximate surface area is 172 Å². The van der Waals surface area contributed by atoms with E-state index in [0.717, 1.165) is 57.9 Å². The highest BCUT2D eigenvalue weighted by molar-refractivity contribution is 5.97. The third-order valence-electron chi connectivity index (χ3n) is 6.48. The number of amides is 2. The number of carbonyl (C=O) groups excluding carboxylic acids is 2. The van der Waals surface area contributed by atoms with E-state index < -0.39 is 0 Å². The van der Waals surface area contributed by atoms with Gasteiger partial charge in [0.2, 0.25) is 5.91 Å². The van der Waals surface area contributed by atoms with E-state index in [1.807, 2.05) is 24.3 Å². The van der Waals surface area contributed by atoms with Gasteiger partial charge in [-0.15, -0.1) is 0 Å². The van der Waals surface area contributed by atoms with Gasteiger partial charge in [-0.1, -0.05) is 18.6 Å². The molecule has 0 aromatic heterocycles. The fourth-order valence-corrected chi connectivity index (χ4v) is 4.88. The Hall–Kier alpha value is -2.08. The highest BCUT2D eigenvalue weighted by Gasteiger charge is 2.38. The normalized spacial score (nSPS) is 26.8. The standard InChI is InChI=1S/C23H32N2O4/c26-22-18-7-3-4-10-21(18)29-14-5-1-2-9-20-19(24-22)8-6-13-25(20)23(27)17-11-15-28-16-12-17/h3-4,7,10,17,19-20H,1-2,5-6,8-9,11-16H2,(H,24,26)/t19-,20-/m0/s1. The lowest BCUT2D eigenvalue weighted by atomic mass is 9.88. The Morgan fingerprint density at radius 2 is 1.79 bits per heavy atom. The summed E-state index contributed by atoms with van der Waals surface area (Å²) >= 11 is 0. The number of fused-ring (bicyclic) bond motifs is 2. The molecule has 0 bridgehead atoms. The van der Waals surface area contributed by atoms with Crippen LogP contribution in [-0.4, -0.2) is 55.2 Å². The monoisotopic (exact) mass is 400 g/mol. The van der Waals surface area contributed by atoms with E-state index in [0.29, 0.717) is 31.1 Å². The van der Waals surface area contributed by atoms with E-state index in [1.165, 1.54) is 0 Å². The number of benzene rings is 1. The molecule has 2 fully saturated rings. The second-order valence-corrected chi connectivity index (χ2v) is 8.40. The van der Waals surface area contributed by atoms with Crippen molar-refractivity contribution in [3.05, 3.63) is 29.8 Å². The Bertz CT molecular complexity index is 717. The largest absolute Gasteiger partial charge is 0.493 e. The number of para-hydroxylation sites is 1. The zero-order valence-corrected chi connectivity index (χ0v) is 17.1. The van der Waals surface area contributed by atoms with Crippen molar-refractivity contribution >= 4 is 11.8 Å². The lowest BCUT2D eigenvalue weighted by molar-refractivity contribution is -0.143. The van der Waals surface area contributed by atoms with E-state index in [2.05, 4.69) is 10.2 Å². The van der Waals surface area contributed by atoms with E-state index in [-0.39, 0.29) is 29.8 Å². The Morgan fingerprint density at radius 3 is 2.66 bits per heavy atom. The van der Waals surface area contributed by atoms with Crippen molar-refractivity contribution in [3.8, 4) is 5.75 Å². The average molecular weight is 401 g/mol. The van der Waals surface area contributed by atoms with Crippen molar-refractivity contribution in [2.75, 3.05) is 26.4 Å². The number of piperidine rings is 1. The summed E-state index contributed by atoms with van der Waals surface area (Å²) in [6.07, 6.45) is 7.46. The number of nitrogens with zero attached hydrogens (tertiary/aromatic N) is 1. The number of hydrogen-bond donors (Lipinski definition) is 1. The lowest BCUT2D eigenvalue weighted by Crippen LogP contribution is -2.58. The van der Waals surface area contributed by atoms with Crippen LogP contribution >= 0.6 is 0 Å². The van der Waals surface area contributed by atoms with Crippen LogP contribution in [0.4, 0.5) is 0 Å². The second kappa shape index (κ2) is 9.61. The first kappa shape index (κ1) is 20.2. The Morgan fingerprint density at radius 1 is 0.966 bits per heavy atom. The molecule has 29 heavy (non-hydrogen) atoms. The molecule has 1 aromatic carbocycles. The highest BCUT2D eigenvalue weighted by Crippen LogP contribution is 2.28. The van der Waals surface area contributed by atoms with Crippen LogP contribution in [-0.2, 0) is 9.53 Å². The summed E-state index contributed by atoms with van der Waals surface area (Å²) in [7, 11) is 0. The quantitative estimate of drug-likeness (QED) is 0.786. The molecule has 3 heterocycles. The van der Waals surface area contributed by atoms with Gasteiger partial charge in [-0.05, 0) is 57.1 Å². The SMILES string of the molecule is O=C1N[C@H]2CCCN(C(=O)C3CCOCC3)[C@H]2CCCCCOc2ccccc21. The van der Waals surface area contributed by atoms with Gasteiger partial charge in [-0.3, -0.25) is 9.59 Å². The summed E-state index contributed by atoms with van der Waals surface area (Å²) in [6.45, 7) is 2.76. The van der Waals surface area contributed by atoms with Crippen LogP contribution in [0.3, 0.4) is 0 Å². The van der Waals surface area contributed by atoms with Gasteiger partial charge in [0.1, 0.15) is 5.75 Å². The fourth-order valence-electron chi connectivity index (χ4n) is 4.88. The van der Waals surface area contributed by atoms with E-state index in [9.17, 15) is 9.59 Å². The van der Waals surface area contributed by atoms with Crippen LogP contribution in [0.15, 0.2) is 24.3 Å². The summed E-state index contributed by atoms with van der Waals surface area (Å²) in [5.74, 6) is 0.867. The molecule has 3 aliphatic rings. The summed E-state index contributed by atoms with van der Waals surface area (Å²) in [4.78, 5) is 28.4. The summed E-state index contributed by atoms with van der Waals surface area (Å²) in [5.41, 5.74) is 0.583. The van der Waals surface area contributed by atoms with Crippen molar-refractivity contribution in [3.63, 3.8) is 0 Å². The number of likely N-dealkylation sites (tertiary alicyclic amines) is 1. The summed E-state index contributed by atoms with van der Waals surface area (Å²) in [5, 5.41) is 3.24. The first-order valence-corrected chi connectivity index (χ1v) is 11.1. The van der Waals surface area contributed by atoms with Gasteiger partial charge in [0.25, 0.3) is 5.91 Å². The zero-order valence-electron chi connectivity index (χ0n) is 17.1. The van der Waals surface area contributed by atoms with Gasteiger partial charge >= 0.3 is 0 Å². The van der Waals surface area contributed by atoms with Gasteiger partial charge in [-0.25, -0.2) is 0 Å². The van der Waals surface area contributed by atoms with Crippen LogP contribution in [0.1, 0.15) is 61.7 Å². The third-order valence-corrected chi connectivity index (χ3v) is 6.48. The van der Waals surface area contributed by atoms with Gasteiger partial charge in [-0.2, -0.15) is 0 Å². The molecule has 3 aliphatic heterocycles. The predicted molar refractivity (Wildman–Crippen MR) is 110 cm³/mol. The molecule has 1 aromatic rings. The Balaban J connectivity index is 1.55. The zero-order chi connectivity index (χ0) is 20.1. The molecule has 1 N–H and O–H groups in total. The number of rotatable bonds is 1. The second-order valence-electron chi connectivity index (χ2n) is 8.40. The smallest absolute Gasteiger partial charge is 0.255 e. The minimum atomic E-state index is -0.100. The molecule has 0 spiro atoms. The van der Waals surface area contributed by atoms with Gasteiger partial charge in [0, 0.05) is 31.7 Å². The first-order chi connectivity index (χ1) is 14.2. The van der Waals surface area contributed by atoms with Crippen LogP contribution < -0.4 is 10.1 Å². The molecule has 2 amide bonds. The molecule has 0 saturated carbocycles. The molecular formula is C23H32N2O4. The minimum Gasteiger partial charge on any atom is -0.493 e. The maximum absolute atomic E-state index is 13.3. The van der Waals surface area contributed by atoms with Crippen LogP contribution in [0.25, 0.3) is 0 Å². The number of hydrogen-bond acceptors (Lipinski definition) is 4. The topological polar surface area (TPSA) is 67.9 Å². The van der Waals surface area contributed by atoms with Gasteiger partial charge < -0.3 is 19.7 Å². The van der Waals surface area contributed by atoms with Crippen molar-refractivity contribution in [2.24, 2.45) is 5.92 Å². The number of ether oxygens (including phenoxy) is 2. The van der Waals surface area contributed by atoms with Crippen molar-refractivity contribution < 1.29 is 19.1 Å². The Kier molecular flexibility index (Phi) is 6.70. The highest BCUT2D eigenvalue weighted by atomic mass is 16.5. The molecule has 0 radical (unpaired) electrons. The average Bonchev–Trinajstić information content (AvgIpc) is 2.76. The predicted octanol–water partition coefficient (Wildman–Crippen LogP) is 3.16. The molecule has 6 heteroatoms. The van der Waals surface area contributed by atoms with E-state index in [1.54, 1.807) is 0 Å². The summed E-state index contributed by atoms with van der Waals surface area (Å²) in [6, 6.07) is 7.52. The maximum Gasteiger partial charge on any atom is 0.255 e. The lowest BCUT2D eigenvalue weighted by Gasteiger charge is -2.43. The van der Waals surface area contributed by atoms with Crippen LogP contribution in [0.2, 0.25) is 0 Å². The number of nitrogens with one attached hydrogen (secondary N) is 1. The molecule has 0 aliphatic carbocycles. The van der Waals surface area contributed by atoms with Crippen molar-refractivity contribution in [1.82, 2.24) is 10.2 Å². The van der Waals surface area contributed by atoms with Gasteiger partial charge in [0.15, 0.2) is 0 Å². The van der Waals surface area contributed by atoms with Crippen LogP contribution in [0.5, 0.6) is 5.75 Å². The maximum atomic E-state index is 13.3. The third kappa shape index (κ3) is 4.74. The molecule has 0 unspecified atom stereocenters. The van der Waals surface area contributed by atoms with E-state index >= 15 is 0 Å². The molecular weight excluding hydrogens is 368 g/mol. The summed E-state index contributed by atoms with van der Waals surface area (Å²) < 4.78 is 11.3. The number of carbonyl (C=O) groups is 2. The van der Waals surface area contributed by atoms with E-state index in [4.69, 9.17) is 9.47 Å². The molecule has 6 nitrogen and oxygen atoms in total. The molecule has 158 valence electrons. The van der Waals surface area contributed by atoms with Gasteiger partial charge in [0.05, 0.1) is 18.2 Å². The van der Waals surface area contributed by atoms with Crippen LogP contribution in [0, 0.1) is 5.92 Å². The fraction of sp³-hybridized carbons (Fsp3) is 0.652. The van der Waals surface area contributed by atoms with Crippen molar-refractivity contribution in [1.29, 1.82) is 0 Å². The molecule has 4 rings (SSSR count).